The van der Waals surface area contributed by atoms with Gasteiger partial charge in [0.15, 0.2) is 11.4 Å². The Morgan fingerprint density at radius 1 is 0.885 bits per heavy atom. The quantitative estimate of drug-likeness (QED) is 0.414. The van der Waals surface area contributed by atoms with Gasteiger partial charge in [0.05, 0.1) is 22.2 Å². The smallest absolute Gasteiger partial charge is 0.166 e. The molecule has 0 bridgehead atoms. The molecule has 4 nitrogen and oxygen atoms in total. The van der Waals surface area contributed by atoms with Gasteiger partial charge in [-0.1, -0.05) is 43.7 Å². The van der Waals surface area contributed by atoms with Crippen LogP contribution in [0.3, 0.4) is 0 Å². The molecule has 3 aromatic carbocycles. The van der Waals surface area contributed by atoms with Crippen molar-refractivity contribution >= 4 is 33.2 Å². The van der Waals surface area contributed by atoms with E-state index in [0.29, 0.717) is 4.59 Å². The summed E-state index contributed by atoms with van der Waals surface area (Å²) in [6.45, 7) is 3.10. The number of nitrogen functional groups attached to an aromatic ring is 1. The Morgan fingerprint density at radius 2 is 1.65 bits per heavy atom. The number of aromatic nitrogens is 1. The van der Waals surface area contributed by atoms with Crippen molar-refractivity contribution in [3.05, 3.63) is 60.7 Å². The van der Waals surface area contributed by atoms with Crippen LogP contribution in [0.2, 0.25) is 0 Å². The predicted octanol–water partition coefficient (Wildman–Crippen LogP) is 4.80. The van der Waals surface area contributed by atoms with E-state index in [4.69, 9.17) is 11.7 Å². The number of para-hydroxylation sites is 2. The molecule has 0 fully saturated rings. The van der Waals surface area contributed by atoms with Gasteiger partial charge in [-0.05, 0) is 24.6 Å². The number of hydrogen-bond acceptors (Lipinski definition) is 2. The second-order valence-electron chi connectivity index (χ2n) is 7.20. The van der Waals surface area contributed by atoms with Crippen molar-refractivity contribution in [1.82, 2.24) is 9.27 Å². The lowest BCUT2D eigenvalue weighted by molar-refractivity contribution is 0.396. The van der Waals surface area contributed by atoms with E-state index < -0.39 is 0 Å². The SMILES string of the molecule is CCCC[N+]1(N)c2ccccc2-c2c1ccc1c2c2ccccc2n1N. The highest BCUT2D eigenvalue weighted by atomic mass is 15.6. The summed E-state index contributed by atoms with van der Waals surface area (Å²) in [5, 5.41) is 2.38. The minimum atomic E-state index is 0.374. The molecule has 1 aliphatic rings. The first-order valence-corrected chi connectivity index (χ1v) is 9.25. The van der Waals surface area contributed by atoms with Gasteiger partial charge in [-0.25, -0.2) is 0 Å². The van der Waals surface area contributed by atoms with Gasteiger partial charge < -0.3 is 5.84 Å². The highest BCUT2D eigenvalue weighted by Crippen LogP contribution is 2.54. The van der Waals surface area contributed by atoms with E-state index in [1.165, 1.54) is 33.3 Å². The molecule has 1 aromatic heterocycles. The number of nitrogens with two attached hydrogens (primary N) is 2. The van der Waals surface area contributed by atoms with E-state index in [1.54, 1.807) is 4.68 Å². The van der Waals surface area contributed by atoms with Gasteiger partial charge in [0.25, 0.3) is 0 Å². The Hall–Kier alpha value is -2.82. The predicted molar refractivity (Wildman–Crippen MR) is 110 cm³/mol. The highest BCUT2D eigenvalue weighted by molar-refractivity contribution is 6.20. The summed E-state index contributed by atoms with van der Waals surface area (Å²) >= 11 is 0. The monoisotopic (exact) mass is 343 g/mol. The second kappa shape index (κ2) is 5.34. The molecule has 1 atom stereocenters. The number of rotatable bonds is 3. The fourth-order valence-corrected chi connectivity index (χ4v) is 4.50. The molecule has 130 valence electrons. The lowest BCUT2D eigenvalue weighted by Gasteiger charge is -2.28. The molecule has 4 N–H and O–H groups in total. The summed E-state index contributed by atoms with van der Waals surface area (Å²) in [4.78, 5) is 0. The molecular formula is C22H23N4+. The van der Waals surface area contributed by atoms with Gasteiger partial charge in [0.1, 0.15) is 6.54 Å². The molecule has 0 spiro atoms. The lowest BCUT2D eigenvalue weighted by Crippen LogP contribution is -2.50. The van der Waals surface area contributed by atoms with Crippen molar-refractivity contribution in [3.63, 3.8) is 0 Å². The first-order valence-electron chi connectivity index (χ1n) is 9.25. The van der Waals surface area contributed by atoms with E-state index in [2.05, 4.69) is 61.5 Å². The third-order valence-electron chi connectivity index (χ3n) is 5.75. The van der Waals surface area contributed by atoms with Crippen LogP contribution in [0.5, 0.6) is 0 Å². The number of hydrogen-bond donors (Lipinski definition) is 2. The molecule has 1 aliphatic heterocycles. The summed E-state index contributed by atoms with van der Waals surface area (Å²) in [5.74, 6) is 13.4. The van der Waals surface area contributed by atoms with Crippen molar-refractivity contribution in [1.29, 1.82) is 0 Å². The topological polar surface area (TPSA) is 57.0 Å². The number of nitrogens with zero attached hydrogens (tertiary/aromatic N) is 2. The molecule has 2 heterocycles. The number of benzene rings is 3. The largest absolute Gasteiger partial charge is 0.339 e. The third kappa shape index (κ3) is 1.80. The van der Waals surface area contributed by atoms with E-state index in [1.807, 2.05) is 6.07 Å². The normalized spacial score (nSPS) is 18.4. The fraction of sp³-hybridized carbons (Fsp3) is 0.182. The first kappa shape index (κ1) is 15.4. The summed E-state index contributed by atoms with van der Waals surface area (Å²) in [7, 11) is 0. The van der Waals surface area contributed by atoms with E-state index in [9.17, 15) is 0 Å². The fourth-order valence-electron chi connectivity index (χ4n) is 4.50. The van der Waals surface area contributed by atoms with Gasteiger partial charge in [-0.3, -0.25) is 4.68 Å². The molecule has 0 amide bonds. The minimum Gasteiger partial charge on any atom is -0.339 e. The third-order valence-corrected chi connectivity index (χ3v) is 5.75. The average Bonchev–Trinajstić information content (AvgIpc) is 3.12. The van der Waals surface area contributed by atoms with Gasteiger partial charge in [0, 0.05) is 22.9 Å². The molecule has 0 saturated heterocycles. The molecule has 4 aromatic rings. The van der Waals surface area contributed by atoms with Crippen LogP contribution in [-0.2, 0) is 0 Å². The van der Waals surface area contributed by atoms with Gasteiger partial charge >= 0.3 is 0 Å². The van der Waals surface area contributed by atoms with Crippen molar-refractivity contribution < 1.29 is 0 Å². The van der Waals surface area contributed by atoms with E-state index >= 15 is 0 Å². The zero-order chi connectivity index (χ0) is 17.9. The van der Waals surface area contributed by atoms with Crippen molar-refractivity contribution in [2.75, 3.05) is 12.4 Å². The Labute approximate surface area is 152 Å². The minimum absolute atomic E-state index is 0.374. The maximum absolute atomic E-state index is 7.01. The van der Waals surface area contributed by atoms with Crippen molar-refractivity contribution in [2.24, 2.45) is 5.84 Å². The van der Waals surface area contributed by atoms with Crippen LogP contribution < -0.4 is 16.3 Å². The second-order valence-corrected chi connectivity index (χ2v) is 7.20. The van der Waals surface area contributed by atoms with E-state index in [-0.39, 0.29) is 0 Å². The van der Waals surface area contributed by atoms with E-state index in [0.717, 1.165) is 30.4 Å². The highest BCUT2D eigenvalue weighted by Gasteiger charge is 2.42. The van der Waals surface area contributed by atoms with Crippen LogP contribution in [-0.4, -0.2) is 11.2 Å². The molecule has 0 saturated carbocycles. The Morgan fingerprint density at radius 3 is 2.50 bits per heavy atom. The Kier molecular flexibility index (Phi) is 3.17. The lowest BCUT2D eigenvalue weighted by atomic mass is 9.99. The molecule has 5 rings (SSSR count). The molecular weight excluding hydrogens is 320 g/mol. The van der Waals surface area contributed by atoms with Crippen LogP contribution in [0.25, 0.3) is 32.9 Å². The summed E-state index contributed by atoms with van der Waals surface area (Å²) in [5.41, 5.74) is 6.90. The standard InChI is InChI=1S/C22H23N4/c1-2-3-14-26(24)19-11-7-5-9-16(19)22-20(26)13-12-18-21(22)15-8-4-6-10-17(15)25(18)23/h4-13H,2-3,14,23-24H2,1H3/q+1. The van der Waals surface area contributed by atoms with Crippen molar-refractivity contribution in [3.8, 4) is 11.1 Å². The number of fused-ring (bicyclic) bond motifs is 7. The zero-order valence-electron chi connectivity index (χ0n) is 14.9. The average molecular weight is 343 g/mol. The molecule has 0 radical (unpaired) electrons. The number of unbranched alkanes of at least 4 members (excludes halogenated alkanes) is 1. The zero-order valence-corrected chi connectivity index (χ0v) is 14.9. The first-order chi connectivity index (χ1) is 12.7. The van der Waals surface area contributed by atoms with Crippen molar-refractivity contribution in [2.45, 2.75) is 19.8 Å². The molecule has 1 unspecified atom stereocenters. The van der Waals surface area contributed by atoms with Crippen LogP contribution in [0, 0.1) is 0 Å². The summed E-state index contributed by atoms with van der Waals surface area (Å²) in [6, 6.07) is 21.1. The van der Waals surface area contributed by atoms with Crippen LogP contribution in [0.15, 0.2) is 60.7 Å². The maximum Gasteiger partial charge on any atom is 0.166 e. The van der Waals surface area contributed by atoms with Crippen LogP contribution in [0.1, 0.15) is 19.8 Å². The van der Waals surface area contributed by atoms with Gasteiger partial charge in [-0.15, -0.1) is 0 Å². The summed E-state index contributed by atoms with van der Waals surface area (Å²) in [6.07, 6.45) is 2.21. The molecule has 26 heavy (non-hydrogen) atoms. The van der Waals surface area contributed by atoms with Gasteiger partial charge in [0.2, 0.25) is 0 Å². The van der Waals surface area contributed by atoms with Gasteiger partial charge in [-0.2, -0.15) is 10.4 Å². The van der Waals surface area contributed by atoms with Crippen LogP contribution in [0.4, 0.5) is 11.4 Å². The van der Waals surface area contributed by atoms with Crippen LogP contribution >= 0.6 is 0 Å². The maximum atomic E-state index is 7.01. The Bertz CT molecular complexity index is 1160. The summed E-state index contributed by atoms with van der Waals surface area (Å²) < 4.78 is 2.17. The molecule has 0 aliphatic carbocycles. The number of quaternary nitrogens is 1. The molecule has 4 heteroatoms. The Balaban J connectivity index is 1.94.